The molecule has 0 aromatic carbocycles. The summed E-state index contributed by atoms with van der Waals surface area (Å²) < 4.78 is 4.85. The fraction of sp³-hybridized carbons (Fsp3) is 0.900. The van der Waals surface area contributed by atoms with Gasteiger partial charge in [0.25, 0.3) is 0 Å². The summed E-state index contributed by atoms with van der Waals surface area (Å²) in [5.41, 5.74) is 5.39. The van der Waals surface area contributed by atoms with Crippen molar-refractivity contribution in [2.24, 2.45) is 5.73 Å². The van der Waals surface area contributed by atoms with Gasteiger partial charge in [0.05, 0.1) is 12.6 Å². The zero-order valence-corrected chi connectivity index (χ0v) is 9.71. The molecule has 0 spiro atoms. The lowest BCUT2D eigenvalue weighted by atomic mass is 10.1. The second kappa shape index (κ2) is 9.89. The molecule has 0 aliphatic carbocycles. The Balaban J connectivity index is 3.67. The van der Waals surface area contributed by atoms with Gasteiger partial charge < -0.3 is 21.1 Å². The lowest BCUT2D eigenvalue weighted by Crippen LogP contribution is -2.43. The zero-order chi connectivity index (χ0) is 11.5. The van der Waals surface area contributed by atoms with Crippen LogP contribution >= 0.6 is 0 Å². The zero-order valence-electron chi connectivity index (χ0n) is 9.71. The average Bonchev–Trinajstić information content (AvgIpc) is 2.24. The van der Waals surface area contributed by atoms with Crippen molar-refractivity contribution in [2.75, 3.05) is 33.9 Å². The van der Waals surface area contributed by atoms with E-state index in [1.54, 1.807) is 14.2 Å². The largest absolute Gasteiger partial charge is 0.383 e. The van der Waals surface area contributed by atoms with E-state index in [0.29, 0.717) is 19.7 Å². The minimum atomic E-state index is -0.117. The molecule has 0 saturated heterocycles. The summed E-state index contributed by atoms with van der Waals surface area (Å²) in [5, 5.41) is 5.80. The molecule has 5 heteroatoms. The fourth-order valence-electron chi connectivity index (χ4n) is 1.30. The lowest BCUT2D eigenvalue weighted by Gasteiger charge is -2.15. The molecule has 4 N–H and O–H groups in total. The molecule has 0 aliphatic heterocycles. The van der Waals surface area contributed by atoms with Gasteiger partial charge in [0.15, 0.2) is 0 Å². The third-order valence-corrected chi connectivity index (χ3v) is 2.22. The van der Waals surface area contributed by atoms with Gasteiger partial charge in [-0.3, -0.25) is 4.79 Å². The van der Waals surface area contributed by atoms with Gasteiger partial charge in [0.1, 0.15) is 0 Å². The number of ether oxygens (including phenoxy) is 1. The molecule has 0 saturated carbocycles. The van der Waals surface area contributed by atoms with Crippen LogP contribution in [0.25, 0.3) is 0 Å². The molecule has 1 unspecified atom stereocenters. The van der Waals surface area contributed by atoms with Crippen molar-refractivity contribution < 1.29 is 9.53 Å². The van der Waals surface area contributed by atoms with Crippen LogP contribution in [0, 0.1) is 0 Å². The molecular weight excluding hydrogens is 194 g/mol. The van der Waals surface area contributed by atoms with Crippen LogP contribution in [0.1, 0.15) is 19.3 Å². The second-order valence-electron chi connectivity index (χ2n) is 3.41. The molecular formula is C10H23N3O2. The lowest BCUT2D eigenvalue weighted by molar-refractivity contribution is -0.123. The maximum absolute atomic E-state index is 11.6. The van der Waals surface area contributed by atoms with E-state index < -0.39 is 0 Å². The Labute approximate surface area is 91.7 Å². The van der Waals surface area contributed by atoms with E-state index in [9.17, 15) is 4.79 Å². The number of nitrogens with one attached hydrogen (secondary N) is 2. The molecule has 0 bridgehead atoms. The third kappa shape index (κ3) is 7.30. The summed E-state index contributed by atoms with van der Waals surface area (Å²) >= 11 is 0. The smallest absolute Gasteiger partial charge is 0.237 e. The molecule has 0 aromatic heterocycles. The van der Waals surface area contributed by atoms with Crippen molar-refractivity contribution >= 4 is 5.91 Å². The van der Waals surface area contributed by atoms with Gasteiger partial charge in [-0.2, -0.15) is 0 Å². The van der Waals surface area contributed by atoms with Gasteiger partial charge in [-0.15, -0.1) is 0 Å². The van der Waals surface area contributed by atoms with E-state index in [-0.39, 0.29) is 11.9 Å². The number of methoxy groups -OCH3 is 1. The van der Waals surface area contributed by atoms with Crippen LogP contribution in [0.15, 0.2) is 0 Å². The Morgan fingerprint density at radius 2 is 2.20 bits per heavy atom. The minimum Gasteiger partial charge on any atom is -0.383 e. The van der Waals surface area contributed by atoms with Crippen LogP contribution < -0.4 is 16.4 Å². The van der Waals surface area contributed by atoms with Gasteiger partial charge in [-0.25, -0.2) is 0 Å². The van der Waals surface area contributed by atoms with Crippen LogP contribution in [0.2, 0.25) is 0 Å². The topological polar surface area (TPSA) is 76.4 Å². The first kappa shape index (κ1) is 14.3. The Hall–Kier alpha value is -0.650. The summed E-state index contributed by atoms with van der Waals surface area (Å²) in [4.78, 5) is 11.6. The molecule has 0 aromatic rings. The maximum atomic E-state index is 11.6. The Morgan fingerprint density at radius 1 is 1.47 bits per heavy atom. The van der Waals surface area contributed by atoms with Crippen molar-refractivity contribution in [1.82, 2.24) is 10.6 Å². The van der Waals surface area contributed by atoms with E-state index >= 15 is 0 Å². The number of hydrogen-bond donors (Lipinski definition) is 3. The van der Waals surface area contributed by atoms with E-state index in [1.807, 2.05) is 0 Å². The SMILES string of the molecule is CNC(CCCCN)C(=O)NCCOC. The van der Waals surface area contributed by atoms with Crippen molar-refractivity contribution in [3.63, 3.8) is 0 Å². The highest BCUT2D eigenvalue weighted by Crippen LogP contribution is 1.99. The van der Waals surface area contributed by atoms with Crippen molar-refractivity contribution in [1.29, 1.82) is 0 Å². The fourth-order valence-corrected chi connectivity index (χ4v) is 1.30. The predicted molar refractivity (Wildman–Crippen MR) is 60.6 cm³/mol. The molecule has 5 nitrogen and oxygen atoms in total. The Bertz CT molecular complexity index is 165. The second-order valence-corrected chi connectivity index (χ2v) is 3.41. The predicted octanol–water partition coefficient (Wildman–Crippen LogP) is -0.534. The summed E-state index contributed by atoms with van der Waals surface area (Å²) in [6.45, 7) is 1.79. The monoisotopic (exact) mass is 217 g/mol. The molecule has 15 heavy (non-hydrogen) atoms. The normalized spacial score (nSPS) is 12.5. The summed E-state index contributed by atoms with van der Waals surface area (Å²) in [6.07, 6.45) is 2.76. The van der Waals surface area contributed by atoms with Crippen LogP contribution in [0.4, 0.5) is 0 Å². The quantitative estimate of drug-likeness (QED) is 0.454. The Kier molecular flexibility index (Phi) is 9.46. The molecule has 0 fully saturated rings. The molecule has 0 heterocycles. The van der Waals surface area contributed by atoms with E-state index in [4.69, 9.17) is 10.5 Å². The highest BCUT2D eigenvalue weighted by Gasteiger charge is 2.14. The number of hydrogen-bond acceptors (Lipinski definition) is 4. The third-order valence-electron chi connectivity index (χ3n) is 2.22. The number of amides is 1. The number of unbranched alkanes of at least 4 members (excludes halogenated alkanes) is 1. The molecule has 0 rings (SSSR count). The molecule has 1 amide bonds. The van der Waals surface area contributed by atoms with Crippen molar-refractivity contribution in [2.45, 2.75) is 25.3 Å². The summed E-state index contributed by atoms with van der Waals surface area (Å²) in [5.74, 6) is 0.0339. The van der Waals surface area contributed by atoms with Crippen LogP contribution in [0.3, 0.4) is 0 Å². The van der Waals surface area contributed by atoms with Crippen LogP contribution in [0.5, 0.6) is 0 Å². The minimum absolute atomic E-state index is 0.0339. The van der Waals surface area contributed by atoms with E-state index in [0.717, 1.165) is 19.3 Å². The summed E-state index contributed by atoms with van der Waals surface area (Å²) in [7, 11) is 3.41. The highest BCUT2D eigenvalue weighted by molar-refractivity contribution is 5.81. The van der Waals surface area contributed by atoms with Gasteiger partial charge in [-0.1, -0.05) is 6.42 Å². The van der Waals surface area contributed by atoms with Crippen LogP contribution in [-0.2, 0) is 9.53 Å². The highest BCUT2D eigenvalue weighted by atomic mass is 16.5. The number of nitrogens with two attached hydrogens (primary N) is 1. The Morgan fingerprint density at radius 3 is 2.73 bits per heavy atom. The first-order chi connectivity index (χ1) is 7.26. The number of carbonyl (C=O) groups is 1. The standard InChI is InChI=1S/C10H23N3O2/c1-12-9(5-3-4-6-11)10(14)13-7-8-15-2/h9,12H,3-8,11H2,1-2H3,(H,13,14). The maximum Gasteiger partial charge on any atom is 0.237 e. The number of carbonyl (C=O) groups excluding carboxylic acids is 1. The van der Waals surface area contributed by atoms with Gasteiger partial charge in [0, 0.05) is 13.7 Å². The number of likely N-dealkylation sites (N-methyl/N-ethyl adjacent to an activating group) is 1. The summed E-state index contributed by atoms with van der Waals surface area (Å²) in [6, 6.07) is -0.117. The number of rotatable bonds is 9. The van der Waals surface area contributed by atoms with Gasteiger partial charge in [0.2, 0.25) is 5.91 Å². The molecule has 0 radical (unpaired) electrons. The van der Waals surface area contributed by atoms with E-state index in [2.05, 4.69) is 10.6 Å². The molecule has 0 aliphatic rings. The molecule has 90 valence electrons. The van der Waals surface area contributed by atoms with Crippen molar-refractivity contribution in [3.05, 3.63) is 0 Å². The molecule has 1 atom stereocenters. The van der Waals surface area contributed by atoms with Crippen LogP contribution in [-0.4, -0.2) is 45.8 Å². The first-order valence-electron chi connectivity index (χ1n) is 5.40. The van der Waals surface area contributed by atoms with Gasteiger partial charge >= 0.3 is 0 Å². The van der Waals surface area contributed by atoms with E-state index in [1.165, 1.54) is 0 Å². The van der Waals surface area contributed by atoms with Crippen molar-refractivity contribution in [3.8, 4) is 0 Å². The average molecular weight is 217 g/mol. The first-order valence-corrected chi connectivity index (χ1v) is 5.40. The van der Waals surface area contributed by atoms with Gasteiger partial charge in [-0.05, 0) is 26.4 Å².